The van der Waals surface area contributed by atoms with Crippen LogP contribution in [0.1, 0.15) is 24.9 Å². The highest BCUT2D eigenvalue weighted by Crippen LogP contribution is 2.30. The summed E-state index contributed by atoms with van der Waals surface area (Å²) in [5.74, 6) is -0.230. The molecule has 0 aliphatic carbocycles. The van der Waals surface area contributed by atoms with Gasteiger partial charge in [-0.05, 0) is 35.4 Å². The van der Waals surface area contributed by atoms with Crippen molar-refractivity contribution >= 4 is 27.4 Å². The predicted molar refractivity (Wildman–Crippen MR) is 74.9 cm³/mol. The molecule has 1 N–H and O–H groups in total. The summed E-state index contributed by atoms with van der Waals surface area (Å²) in [5, 5.41) is 6.41. The molecular formula is C14H17NO2S. The van der Waals surface area contributed by atoms with Gasteiger partial charge in [-0.15, -0.1) is 11.3 Å². The van der Waals surface area contributed by atoms with Crippen LogP contribution in [0, 0.1) is 0 Å². The van der Waals surface area contributed by atoms with Crippen molar-refractivity contribution in [1.29, 1.82) is 0 Å². The quantitative estimate of drug-likeness (QED) is 0.842. The molecule has 1 atom stereocenters. The van der Waals surface area contributed by atoms with E-state index in [0.717, 1.165) is 23.9 Å². The molecule has 0 saturated heterocycles. The van der Waals surface area contributed by atoms with Gasteiger partial charge in [0.1, 0.15) is 6.04 Å². The molecule has 2 rings (SSSR count). The van der Waals surface area contributed by atoms with Crippen molar-refractivity contribution in [3.8, 4) is 0 Å². The van der Waals surface area contributed by atoms with E-state index in [9.17, 15) is 4.79 Å². The highest BCUT2D eigenvalue weighted by molar-refractivity contribution is 7.17. The van der Waals surface area contributed by atoms with E-state index in [0.29, 0.717) is 0 Å². The minimum Gasteiger partial charge on any atom is -0.468 e. The molecule has 0 amide bonds. The summed E-state index contributed by atoms with van der Waals surface area (Å²) in [6.07, 6.45) is 0.982. The van der Waals surface area contributed by atoms with Crippen LogP contribution in [0.5, 0.6) is 0 Å². The number of carbonyl (C=O) groups excluding carboxylic acids is 1. The van der Waals surface area contributed by atoms with Gasteiger partial charge in [-0.1, -0.05) is 25.1 Å². The standard InChI is InChI=1S/C14H17NO2S/c1-3-8-15-13(14(16)17-2)11-9-18-12-7-5-4-6-10(11)12/h4-7,9,13,15H,3,8H2,1-2H3. The first kappa shape index (κ1) is 13.1. The lowest BCUT2D eigenvalue weighted by Gasteiger charge is -2.15. The molecule has 96 valence electrons. The summed E-state index contributed by atoms with van der Waals surface area (Å²) in [6, 6.07) is 7.75. The molecule has 3 nitrogen and oxygen atoms in total. The first-order chi connectivity index (χ1) is 8.77. The Hall–Kier alpha value is -1.39. The number of esters is 1. The van der Waals surface area contributed by atoms with Crippen LogP contribution in [-0.2, 0) is 9.53 Å². The summed E-state index contributed by atoms with van der Waals surface area (Å²) in [5.41, 5.74) is 1.01. The third kappa shape index (κ3) is 2.54. The van der Waals surface area contributed by atoms with Gasteiger partial charge < -0.3 is 10.1 Å². The van der Waals surface area contributed by atoms with Crippen molar-refractivity contribution in [2.75, 3.05) is 13.7 Å². The average Bonchev–Trinajstić information content (AvgIpc) is 2.83. The summed E-state index contributed by atoms with van der Waals surface area (Å²) in [7, 11) is 1.43. The Bertz CT molecular complexity index is 535. The Kier molecular flexibility index (Phi) is 4.33. The number of benzene rings is 1. The fourth-order valence-corrected chi connectivity index (χ4v) is 2.94. The maximum absolute atomic E-state index is 11.9. The SMILES string of the molecule is CCCNC(C(=O)OC)c1csc2ccccc12. The second-order valence-corrected chi connectivity index (χ2v) is 5.01. The zero-order valence-electron chi connectivity index (χ0n) is 10.6. The van der Waals surface area contributed by atoms with Crippen LogP contribution in [0.4, 0.5) is 0 Å². The molecule has 0 aliphatic rings. The normalized spacial score (nSPS) is 12.6. The Morgan fingerprint density at radius 1 is 1.44 bits per heavy atom. The van der Waals surface area contributed by atoms with E-state index in [2.05, 4.69) is 18.3 Å². The smallest absolute Gasteiger partial charge is 0.327 e. The fraction of sp³-hybridized carbons (Fsp3) is 0.357. The average molecular weight is 263 g/mol. The van der Waals surface area contributed by atoms with Gasteiger partial charge in [0.2, 0.25) is 0 Å². The molecule has 4 heteroatoms. The first-order valence-electron chi connectivity index (χ1n) is 6.05. The van der Waals surface area contributed by atoms with E-state index in [1.165, 1.54) is 11.8 Å². The van der Waals surface area contributed by atoms with E-state index in [4.69, 9.17) is 4.74 Å². The first-order valence-corrected chi connectivity index (χ1v) is 6.93. The maximum atomic E-state index is 11.9. The lowest BCUT2D eigenvalue weighted by Crippen LogP contribution is -2.30. The number of carbonyl (C=O) groups is 1. The zero-order chi connectivity index (χ0) is 13.0. The molecule has 1 unspecified atom stereocenters. The van der Waals surface area contributed by atoms with Gasteiger partial charge in [-0.25, -0.2) is 4.79 Å². The van der Waals surface area contributed by atoms with Crippen molar-refractivity contribution in [1.82, 2.24) is 5.32 Å². The van der Waals surface area contributed by atoms with Crippen molar-refractivity contribution in [2.45, 2.75) is 19.4 Å². The highest BCUT2D eigenvalue weighted by Gasteiger charge is 2.23. The molecule has 0 saturated carbocycles. The Balaban J connectivity index is 2.37. The number of ether oxygens (including phenoxy) is 1. The molecule has 0 spiro atoms. The highest BCUT2D eigenvalue weighted by atomic mass is 32.1. The largest absolute Gasteiger partial charge is 0.468 e. The van der Waals surface area contributed by atoms with E-state index >= 15 is 0 Å². The minimum atomic E-state index is -0.369. The second kappa shape index (κ2) is 5.98. The lowest BCUT2D eigenvalue weighted by molar-refractivity contribution is -0.143. The van der Waals surface area contributed by atoms with E-state index in [1.807, 2.05) is 23.6 Å². The van der Waals surface area contributed by atoms with Crippen LogP contribution in [0.15, 0.2) is 29.6 Å². The number of rotatable bonds is 5. The Morgan fingerprint density at radius 2 is 2.22 bits per heavy atom. The summed E-state index contributed by atoms with van der Waals surface area (Å²) in [6.45, 7) is 2.87. The van der Waals surface area contributed by atoms with E-state index in [-0.39, 0.29) is 12.0 Å². The Labute approximate surface area is 111 Å². The van der Waals surface area contributed by atoms with Crippen LogP contribution in [-0.4, -0.2) is 19.6 Å². The number of hydrogen-bond donors (Lipinski definition) is 1. The fourth-order valence-electron chi connectivity index (χ4n) is 1.95. The van der Waals surface area contributed by atoms with Gasteiger partial charge in [0.25, 0.3) is 0 Å². The summed E-state index contributed by atoms with van der Waals surface area (Å²) in [4.78, 5) is 11.9. The van der Waals surface area contributed by atoms with Crippen molar-refractivity contribution in [2.24, 2.45) is 0 Å². The molecule has 1 aromatic carbocycles. The molecule has 0 aliphatic heterocycles. The monoisotopic (exact) mass is 263 g/mol. The molecule has 1 heterocycles. The third-order valence-corrected chi connectivity index (χ3v) is 3.84. The number of thiophene rings is 1. The number of hydrogen-bond acceptors (Lipinski definition) is 4. The molecule has 0 radical (unpaired) electrons. The van der Waals surface area contributed by atoms with E-state index < -0.39 is 0 Å². The number of methoxy groups -OCH3 is 1. The van der Waals surface area contributed by atoms with Gasteiger partial charge in [0.05, 0.1) is 7.11 Å². The van der Waals surface area contributed by atoms with E-state index in [1.54, 1.807) is 11.3 Å². The minimum absolute atomic E-state index is 0.230. The molecule has 0 fully saturated rings. The van der Waals surface area contributed by atoms with Gasteiger partial charge in [-0.3, -0.25) is 0 Å². The van der Waals surface area contributed by atoms with Crippen LogP contribution in [0.3, 0.4) is 0 Å². The summed E-state index contributed by atoms with van der Waals surface area (Å²) >= 11 is 1.66. The van der Waals surface area contributed by atoms with Crippen molar-refractivity contribution < 1.29 is 9.53 Å². The Morgan fingerprint density at radius 3 is 2.94 bits per heavy atom. The lowest BCUT2D eigenvalue weighted by atomic mass is 10.1. The topological polar surface area (TPSA) is 38.3 Å². The van der Waals surface area contributed by atoms with Gasteiger partial charge in [0.15, 0.2) is 0 Å². The van der Waals surface area contributed by atoms with Crippen LogP contribution in [0.25, 0.3) is 10.1 Å². The second-order valence-electron chi connectivity index (χ2n) is 4.10. The molecule has 2 aromatic rings. The van der Waals surface area contributed by atoms with Crippen LogP contribution >= 0.6 is 11.3 Å². The van der Waals surface area contributed by atoms with Crippen molar-refractivity contribution in [3.05, 3.63) is 35.2 Å². The van der Waals surface area contributed by atoms with Crippen LogP contribution in [0.2, 0.25) is 0 Å². The number of nitrogens with one attached hydrogen (secondary N) is 1. The number of fused-ring (bicyclic) bond motifs is 1. The maximum Gasteiger partial charge on any atom is 0.327 e. The molecular weight excluding hydrogens is 246 g/mol. The molecule has 0 bridgehead atoms. The zero-order valence-corrected chi connectivity index (χ0v) is 11.4. The van der Waals surface area contributed by atoms with Gasteiger partial charge >= 0.3 is 5.97 Å². The van der Waals surface area contributed by atoms with Crippen LogP contribution < -0.4 is 5.32 Å². The van der Waals surface area contributed by atoms with Gasteiger partial charge in [0, 0.05) is 4.70 Å². The predicted octanol–water partition coefficient (Wildman–Crippen LogP) is 3.12. The van der Waals surface area contributed by atoms with Gasteiger partial charge in [-0.2, -0.15) is 0 Å². The molecule has 18 heavy (non-hydrogen) atoms. The van der Waals surface area contributed by atoms with Crippen molar-refractivity contribution in [3.63, 3.8) is 0 Å². The molecule has 1 aromatic heterocycles. The third-order valence-electron chi connectivity index (χ3n) is 2.86. The summed E-state index contributed by atoms with van der Waals surface area (Å²) < 4.78 is 6.08.